The molecular weight excluding hydrogens is 338 g/mol. The summed E-state index contributed by atoms with van der Waals surface area (Å²) in [6.45, 7) is 2.15. The zero-order valence-corrected chi connectivity index (χ0v) is 15.3. The monoisotopic (exact) mass is 366 g/mol. The number of hydrogen-bond acceptors (Lipinski definition) is 2. The molecule has 0 aliphatic heterocycles. The molecule has 2 atom stereocenters. The SMILES string of the molecule is CCCCCC1CCCC(C(F)(F)Oc2ccc(C=CC(=O)O)cc2)C1. The van der Waals surface area contributed by atoms with Crippen molar-refractivity contribution in [2.45, 2.75) is 64.4 Å². The topological polar surface area (TPSA) is 46.5 Å². The molecule has 1 aliphatic rings. The fourth-order valence-corrected chi connectivity index (χ4v) is 3.60. The third-order valence-corrected chi connectivity index (χ3v) is 5.03. The Hall–Kier alpha value is -1.91. The van der Waals surface area contributed by atoms with Crippen molar-refractivity contribution >= 4 is 12.0 Å². The van der Waals surface area contributed by atoms with Gasteiger partial charge >= 0.3 is 12.1 Å². The van der Waals surface area contributed by atoms with E-state index in [1.54, 1.807) is 12.1 Å². The molecule has 2 unspecified atom stereocenters. The van der Waals surface area contributed by atoms with E-state index < -0.39 is 18.0 Å². The van der Waals surface area contributed by atoms with Gasteiger partial charge in [0.1, 0.15) is 5.75 Å². The van der Waals surface area contributed by atoms with Crippen LogP contribution < -0.4 is 4.74 Å². The standard InChI is InChI=1S/C21H28F2O3/c1-2-3-4-6-17-7-5-8-18(15-17)21(22,23)26-19-12-9-16(10-13-19)11-14-20(24)25/h9-14,17-18H,2-8,15H2,1H3,(H,24,25). The number of carbonyl (C=O) groups is 1. The van der Waals surface area contributed by atoms with E-state index in [1.165, 1.54) is 18.2 Å². The van der Waals surface area contributed by atoms with E-state index in [2.05, 4.69) is 6.92 Å². The van der Waals surface area contributed by atoms with Crippen molar-refractivity contribution in [2.24, 2.45) is 11.8 Å². The lowest BCUT2D eigenvalue weighted by atomic mass is 9.78. The molecule has 0 aromatic heterocycles. The lowest BCUT2D eigenvalue weighted by Crippen LogP contribution is -2.37. The number of carboxylic acids is 1. The van der Waals surface area contributed by atoms with Crippen molar-refractivity contribution in [1.82, 2.24) is 0 Å². The second kappa shape index (κ2) is 9.70. The number of carboxylic acid groups (broad SMARTS) is 1. The second-order valence-electron chi connectivity index (χ2n) is 7.13. The predicted octanol–water partition coefficient (Wildman–Crippen LogP) is 6.14. The summed E-state index contributed by atoms with van der Waals surface area (Å²) < 4.78 is 34.2. The molecule has 0 saturated heterocycles. The second-order valence-corrected chi connectivity index (χ2v) is 7.13. The number of alkyl halides is 2. The summed E-state index contributed by atoms with van der Waals surface area (Å²) in [5, 5.41) is 8.61. The zero-order valence-electron chi connectivity index (χ0n) is 15.3. The summed E-state index contributed by atoms with van der Waals surface area (Å²) in [5.74, 6) is -1.31. The molecule has 3 nitrogen and oxygen atoms in total. The normalized spacial score (nSPS) is 21.0. The molecule has 1 aromatic rings. The first-order chi connectivity index (χ1) is 12.4. The van der Waals surface area contributed by atoms with Crippen molar-refractivity contribution in [3.8, 4) is 5.75 Å². The van der Waals surface area contributed by atoms with Crippen LogP contribution in [0.5, 0.6) is 5.75 Å². The molecule has 2 rings (SSSR count). The third kappa shape index (κ3) is 6.43. The molecule has 1 N–H and O–H groups in total. The minimum atomic E-state index is -3.18. The van der Waals surface area contributed by atoms with Crippen LogP contribution in [0.1, 0.15) is 63.9 Å². The molecule has 5 heteroatoms. The maximum absolute atomic E-state index is 14.6. The van der Waals surface area contributed by atoms with E-state index in [0.29, 0.717) is 24.3 Å². The van der Waals surface area contributed by atoms with Crippen molar-refractivity contribution in [2.75, 3.05) is 0 Å². The van der Waals surface area contributed by atoms with Gasteiger partial charge in [0.05, 0.1) is 5.92 Å². The Morgan fingerprint density at radius 1 is 1.27 bits per heavy atom. The largest absolute Gasteiger partial charge is 0.478 e. The van der Waals surface area contributed by atoms with Gasteiger partial charge in [-0.15, -0.1) is 0 Å². The molecule has 144 valence electrons. The fourth-order valence-electron chi connectivity index (χ4n) is 3.60. The molecule has 0 bridgehead atoms. The zero-order chi connectivity index (χ0) is 19.0. The van der Waals surface area contributed by atoms with Gasteiger partial charge in [0.2, 0.25) is 0 Å². The van der Waals surface area contributed by atoms with Gasteiger partial charge in [-0.3, -0.25) is 0 Å². The summed E-state index contributed by atoms with van der Waals surface area (Å²) in [4.78, 5) is 10.5. The maximum atomic E-state index is 14.6. The minimum absolute atomic E-state index is 0.107. The van der Waals surface area contributed by atoms with Crippen LogP contribution in [0.2, 0.25) is 0 Å². The first kappa shape index (κ1) is 20.4. The average Bonchev–Trinajstić information content (AvgIpc) is 2.61. The molecule has 0 radical (unpaired) electrons. The van der Waals surface area contributed by atoms with E-state index in [9.17, 15) is 13.6 Å². The molecule has 0 heterocycles. The van der Waals surface area contributed by atoms with Crippen LogP contribution in [0.15, 0.2) is 30.3 Å². The maximum Gasteiger partial charge on any atom is 0.400 e. The van der Waals surface area contributed by atoms with Crippen molar-refractivity contribution in [1.29, 1.82) is 0 Å². The highest BCUT2D eigenvalue weighted by atomic mass is 19.3. The molecule has 1 aromatic carbocycles. The first-order valence-corrected chi connectivity index (χ1v) is 9.48. The molecule has 0 amide bonds. The number of halogens is 2. The van der Waals surface area contributed by atoms with Crippen LogP contribution in [0, 0.1) is 11.8 Å². The smallest absolute Gasteiger partial charge is 0.400 e. The van der Waals surface area contributed by atoms with Gasteiger partial charge in [-0.2, -0.15) is 8.78 Å². The summed E-state index contributed by atoms with van der Waals surface area (Å²) in [6, 6.07) is 6.05. The minimum Gasteiger partial charge on any atom is -0.478 e. The Morgan fingerprint density at radius 3 is 2.65 bits per heavy atom. The van der Waals surface area contributed by atoms with Gasteiger partial charge in [-0.25, -0.2) is 4.79 Å². The Kier molecular flexibility index (Phi) is 7.61. The van der Waals surface area contributed by atoms with E-state index in [-0.39, 0.29) is 5.75 Å². The quantitative estimate of drug-likeness (QED) is 0.421. The molecular formula is C21H28F2O3. The van der Waals surface area contributed by atoms with E-state index in [0.717, 1.165) is 44.6 Å². The number of hydrogen-bond donors (Lipinski definition) is 1. The van der Waals surface area contributed by atoms with Crippen LogP contribution in [0.25, 0.3) is 6.08 Å². The highest BCUT2D eigenvalue weighted by Crippen LogP contribution is 2.41. The number of aliphatic carboxylic acids is 1. The predicted molar refractivity (Wildman–Crippen MR) is 98.3 cm³/mol. The summed E-state index contributed by atoms with van der Waals surface area (Å²) >= 11 is 0. The lowest BCUT2D eigenvalue weighted by Gasteiger charge is -2.34. The molecule has 1 fully saturated rings. The van der Waals surface area contributed by atoms with Crippen LogP contribution >= 0.6 is 0 Å². The van der Waals surface area contributed by atoms with Gasteiger partial charge in [0.25, 0.3) is 0 Å². The number of unbranched alkanes of at least 4 members (excludes halogenated alkanes) is 2. The van der Waals surface area contributed by atoms with Crippen LogP contribution in [0.4, 0.5) is 8.78 Å². The van der Waals surface area contributed by atoms with E-state index >= 15 is 0 Å². The summed E-state index contributed by atoms with van der Waals surface area (Å²) in [6.07, 6.45) is 6.59. The van der Waals surface area contributed by atoms with Crippen LogP contribution in [-0.4, -0.2) is 17.2 Å². The van der Waals surface area contributed by atoms with Crippen LogP contribution in [-0.2, 0) is 4.79 Å². The van der Waals surface area contributed by atoms with E-state index in [1.807, 2.05) is 0 Å². The Labute approximate surface area is 154 Å². The van der Waals surface area contributed by atoms with Crippen molar-refractivity contribution < 1.29 is 23.4 Å². The summed E-state index contributed by atoms with van der Waals surface area (Å²) in [7, 11) is 0. The fraction of sp³-hybridized carbons (Fsp3) is 0.571. The summed E-state index contributed by atoms with van der Waals surface area (Å²) in [5.41, 5.74) is 0.622. The Morgan fingerprint density at radius 2 is 2.00 bits per heavy atom. The third-order valence-electron chi connectivity index (χ3n) is 5.03. The number of rotatable bonds is 9. The average molecular weight is 366 g/mol. The highest BCUT2D eigenvalue weighted by Gasteiger charge is 2.44. The van der Waals surface area contributed by atoms with Crippen LogP contribution in [0.3, 0.4) is 0 Å². The number of ether oxygens (including phenoxy) is 1. The molecule has 26 heavy (non-hydrogen) atoms. The Bertz CT molecular complexity index is 596. The van der Waals surface area contributed by atoms with Crippen molar-refractivity contribution in [3.63, 3.8) is 0 Å². The molecule has 1 aliphatic carbocycles. The van der Waals surface area contributed by atoms with Gasteiger partial charge in [0, 0.05) is 6.08 Å². The number of benzene rings is 1. The first-order valence-electron chi connectivity index (χ1n) is 9.48. The Balaban J connectivity index is 1.93. The van der Waals surface area contributed by atoms with E-state index in [4.69, 9.17) is 9.84 Å². The van der Waals surface area contributed by atoms with Gasteiger partial charge < -0.3 is 9.84 Å². The molecule has 1 saturated carbocycles. The van der Waals surface area contributed by atoms with Gasteiger partial charge in [-0.05, 0) is 42.5 Å². The lowest BCUT2D eigenvalue weighted by molar-refractivity contribution is -0.225. The molecule has 0 spiro atoms. The van der Waals surface area contributed by atoms with Crippen molar-refractivity contribution in [3.05, 3.63) is 35.9 Å². The highest BCUT2D eigenvalue weighted by molar-refractivity contribution is 5.85. The van der Waals surface area contributed by atoms with Gasteiger partial charge in [-0.1, -0.05) is 57.6 Å². The van der Waals surface area contributed by atoms with Gasteiger partial charge in [0.15, 0.2) is 0 Å².